The van der Waals surface area contributed by atoms with Gasteiger partial charge in [-0.25, -0.2) is 0 Å². The summed E-state index contributed by atoms with van der Waals surface area (Å²) in [6.07, 6.45) is 11.1. The third-order valence-corrected chi connectivity index (χ3v) is 12.8. The molecule has 5 rings (SSSR count). The number of rotatable bonds is 1. The zero-order valence-corrected chi connectivity index (χ0v) is 21.0. The topological polar surface area (TPSA) is 37.3 Å². The van der Waals surface area contributed by atoms with Crippen LogP contribution >= 0.6 is 0 Å². The summed E-state index contributed by atoms with van der Waals surface area (Å²) < 4.78 is 0. The van der Waals surface area contributed by atoms with E-state index in [1.807, 2.05) is 0 Å². The molecule has 9 atom stereocenters. The molecule has 0 spiro atoms. The van der Waals surface area contributed by atoms with Crippen molar-refractivity contribution in [1.29, 1.82) is 0 Å². The smallest absolute Gasteiger partial charge is 0.138 e. The minimum Gasteiger partial charge on any atom is -0.390 e. The maximum atomic E-state index is 12.9. The van der Waals surface area contributed by atoms with Gasteiger partial charge >= 0.3 is 0 Å². The summed E-state index contributed by atoms with van der Waals surface area (Å²) in [4.78, 5) is 12.9. The summed E-state index contributed by atoms with van der Waals surface area (Å²) in [5, 5.41) is 11.7. The molecule has 174 valence electrons. The Hall–Kier alpha value is -0.630. The Labute approximate surface area is 190 Å². The molecule has 0 bridgehead atoms. The molecule has 0 heterocycles. The third-order valence-electron chi connectivity index (χ3n) is 12.8. The zero-order chi connectivity index (χ0) is 22.6. The van der Waals surface area contributed by atoms with Gasteiger partial charge in [-0.05, 0) is 111 Å². The number of aliphatic hydroxyl groups is 1. The quantitative estimate of drug-likeness (QED) is 0.460. The van der Waals surface area contributed by atoms with Gasteiger partial charge < -0.3 is 5.11 Å². The maximum absolute atomic E-state index is 12.9. The van der Waals surface area contributed by atoms with Gasteiger partial charge in [0.1, 0.15) is 5.78 Å². The van der Waals surface area contributed by atoms with Crippen LogP contribution in [0.2, 0.25) is 0 Å². The molecule has 5 aliphatic carbocycles. The van der Waals surface area contributed by atoms with Crippen molar-refractivity contribution < 1.29 is 9.90 Å². The van der Waals surface area contributed by atoms with E-state index in [0.717, 1.165) is 32.1 Å². The summed E-state index contributed by atoms with van der Waals surface area (Å²) in [5.74, 6) is 3.22. The van der Waals surface area contributed by atoms with Gasteiger partial charge in [0.05, 0.1) is 5.60 Å². The van der Waals surface area contributed by atoms with Crippen molar-refractivity contribution in [3.05, 3.63) is 12.2 Å². The largest absolute Gasteiger partial charge is 0.390 e. The van der Waals surface area contributed by atoms with Crippen molar-refractivity contribution in [3.63, 3.8) is 0 Å². The lowest BCUT2D eigenvalue weighted by Crippen LogP contribution is -2.67. The van der Waals surface area contributed by atoms with Crippen LogP contribution in [0.1, 0.15) is 106 Å². The standard InChI is InChI=1S/C29H46O2/c1-18(2)19-10-15-29(31)17-16-27(6)20(24(19)29)8-9-22-26(5)13-12-23(30)25(3,4)21(26)11-14-28(22,27)7/h19-22,24,31H,1,8-17H2,2-7H3/t19-,20?,21?,22?,24?,26-,27+,28+,29-/m0/s1. The first-order valence-corrected chi connectivity index (χ1v) is 13.2. The Morgan fingerprint density at radius 2 is 1.58 bits per heavy atom. The maximum Gasteiger partial charge on any atom is 0.138 e. The summed E-state index contributed by atoms with van der Waals surface area (Å²) >= 11 is 0. The molecule has 4 unspecified atom stereocenters. The fourth-order valence-electron chi connectivity index (χ4n) is 10.9. The van der Waals surface area contributed by atoms with Crippen molar-refractivity contribution in [2.75, 3.05) is 0 Å². The SMILES string of the molecule is C=C(C)[C@@H]1CC[C@]2(O)CC[C@]3(C)C(CCC4[C@@]5(C)CCC(=O)C(C)(C)C5CC[C@]43C)C12. The predicted molar refractivity (Wildman–Crippen MR) is 126 cm³/mol. The highest BCUT2D eigenvalue weighted by Crippen LogP contribution is 2.76. The van der Waals surface area contributed by atoms with Crippen LogP contribution in [0.5, 0.6) is 0 Å². The van der Waals surface area contributed by atoms with E-state index in [-0.39, 0.29) is 16.2 Å². The van der Waals surface area contributed by atoms with Crippen LogP contribution in [-0.2, 0) is 4.79 Å². The van der Waals surface area contributed by atoms with Gasteiger partial charge in [-0.15, -0.1) is 0 Å². The highest BCUT2D eigenvalue weighted by molar-refractivity contribution is 5.85. The number of hydrogen-bond acceptors (Lipinski definition) is 2. The van der Waals surface area contributed by atoms with E-state index in [1.165, 1.54) is 37.7 Å². The Balaban J connectivity index is 1.55. The lowest BCUT2D eigenvalue weighted by atomic mass is 9.33. The molecule has 0 amide bonds. The van der Waals surface area contributed by atoms with E-state index in [1.54, 1.807) is 0 Å². The predicted octanol–water partition coefficient (Wildman–Crippen LogP) is 6.96. The van der Waals surface area contributed by atoms with Crippen LogP contribution in [-0.4, -0.2) is 16.5 Å². The van der Waals surface area contributed by atoms with Gasteiger partial charge in [-0.2, -0.15) is 0 Å². The molecule has 0 aromatic carbocycles. The number of carbonyl (C=O) groups excluding carboxylic acids is 1. The third kappa shape index (κ3) is 2.58. The van der Waals surface area contributed by atoms with E-state index in [9.17, 15) is 9.90 Å². The number of carbonyl (C=O) groups is 1. The number of Topliss-reactive ketones (excluding diaryl/α,β-unsaturated/α-hetero) is 1. The first-order chi connectivity index (χ1) is 14.3. The second-order valence-electron chi connectivity index (χ2n) is 13.9. The monoisotopic (exact) mass is 426 g/mol. The summed E-state index contributed by atoms with van der Waals surface area (Å²) in [7, 11) is 0. The van der Waals surface area contributed by atoms with Gasteiger partial charge in [-0.1, -0.05) is 46.8 Å². The molecule has 0 aliphatic heterocycles. The average molecular weight is 427 g/mol. The fourth-order valence-corrected chi connectivity index (χ4v) is 10.9. The molecular weight excluding hydrogens is 380 g/mol. The van der Waals surface area contributed by atoms with Crippen LogP contribution in [0.15, 0.2) is 12.2 Å². The molecular formula is C29H46O2. The molecule has 2 nitrogen and oxygen atoms in total. The van der Waals surface area contributed by atoms with Gasteiger partial charge in [0.15, 0.2) is 0 Å². The number of fused-ring (bicyclic) bond motifs is 7. The molecule has 0 aromatic rings. The summed E-state index contributed by atoms with van der Waals surface area (Å²) in [5.41, 5.74) is 1.52. The number of hydrogen-bond donors (Lipinski definition) is 1. The zero-order valence-electron chi connectivity index (χ0n) is 21.0. The molecule has 5 aliphatic rings. The van der Waals surface area contributed by atoms with E-state index in [0.29, 0.717) is 40.8 Å². The van der Waals surface area contributed by atoms with E-state index >= 15 is 0 Å². The van der Waals surface area contributed by atoms with Crippen molar-refractivity contribution in [2.24, 2.45) is 51.2 Å². The van der Waals surface area contributed by atoms with Crippen LogP contribution in [0.3, 0.4) is 0 Å². The minimum atomic E-state index is -0.461. The molecule has 0 aromatic heterocycles. The van der Waals surface area contributed by atoms with Crippen molar-refractivity contribution in [3.8, 4) is 0 Å². The highest BCUT2D eigenvalue weighted by atomic mass is 16.3. The molecule has 31 heavy (non-hydrogen) atoms. The lowest BCUT2D eigenvalue weighted by Gasteiger charge is -2.72. The molecule has 0 saturated heterocycles. The van der Waals surface area contributed by atoms with Crippen LogP contribution in [0, 0.1) is 51.2 Å². The number of ketones is 1. The summed E-state index contributed by atoms with van der Waals surface area (Å²) in [6, 6.07) is 0. The Morgan fingerprint density at radius 3 is 2.26 bits per heavy atom. The Bertz CT molecular complexity index is 812. The molecule has 2 heteroatoms. The first kappa shape index (κ1) is 22.2. The second kappa shape index (κ2) is 6.49. The number of allylic oxidation sites excluding steroid dienone is 1. The van der Waals surface area contributed by atoms with E-state index in [4.69, 9.17) is 0 Å². The molecule has 5 fully saturated rings. The van der Waals surface area contributed by atoms with E-state index in [2.05, 4.69) is 48.1 Å². The Morgan fingerprint density at radius 1 is 0.871 bits per heavy atom. The Kier molecular flexibility index (Phi) is 4.64. The highest BCUT2D eigenvalue weighted by Gasteiger charge is 2.70. The van der Waals surface area contributed by atoms with E-state index < -0.39 is 5.60 Å². The lowest BCUT2D eigenvalue weighted by molar-refractivity contribution is -0.242. The first-order valence-electron chi connectivity index (χ1n) is 13.2. The fraction of sp³-hybridized carbons (Fsp3) is 0.897. The van der Waals surface area contributed by atoms with Crippen molar-refractivity contribution in [1.82, 2.24) is 0 Å². The van der Waals surface area contributed by atoms with Crippen LogP contribution in [0.4, 0.5) is 0 Å². The minimum absolute atomic E-state index is 0.171. The molecule has 5 saturated carbocycles. The van der Waals surface area contributed by atoms with Gasteiger partial charge in [-0.3, -0.25) is 4.79 Å². The van der Waals surface area contributed by atoms with Gasteiger partial charge in [0.2, 0.25) is 0 Å². The van der Waals surface area contributed by atoms with Crippen LogP contribution < -0.4 is 0 Å². The van der Waals surface area contributed by atoms with Gasteiger partial charge in [0, 0.05) is 11.8 Å². The second-order valence-corrected chi connectivity index (χ2v) is 13.9. The van der Waals surface area contributed by atoms with Crippen molar-refractivity contribution >= 4 is 5.78 Å². The van der Waals surface area contributed by atoms with Crippen molar-refractivity contribution in [2.45, 2.75) is 111 Å². The normalized spacial score (nSPS) is 55.6. The summed E-state index contributed by atoms with van der Waals surface area (Å²) in [6.45, 7) is 18.8. The van der Waals surface area contributed by atoms with Crippen LogP contribution in [0.25, 0.3) is 0 Å². The average Bonchev–Trinajstić information content (AvgIpc) is 3.04. The molecule has 1 N–H and O–H groups in total. The van der Waals surface area contributed by atoms with Gasteiger partial charge in [0.25, 0.3) is 0 Å². The molecule has 0 radical (unpaired) electrons.